The van der Waals surface area contributed by atoms with Crippen LogP contribution in [0, 0.1) is 6.92 Å². The van der Waals surface area contributed by atoms with E-state index in [2.05, 4.69) is 29.0 Å². The molecule has 2 atom stereocenters. The number of rotatable bonds is 8. The molecule has 3 heterocycles. The van der Waals surface area contributed by atoms with Crippen molar-refractivity contribution in [2.24, 2.45) is 0 Å². The van der Waals surface area contributed by atoms with Gasteiger partial charge in [0, 0.05) is 54.6 Å². The third-order valence-corrected chi connectivity index (χ3v) is 7.77. The van der Waals surface area contributed by atoms with Gasteiger partial charge < -0.3 is 15.1 Å². The van der Waals surface area contributed by atoms with Crippen LogP contribution in [0.1, 0.15) is 37.3 Å². The lowest BCUT2D eigenvalue weighted by atomic mass is 10.1. The van der Waals surface area contributed by atoms with Gasteiger partial charge in [0.15, 0.2) is 0 Å². The molecule has 37 heavy (non-hydrogen) atoms. The summed E-state index contributed by atoms with van der Waals surface area (Å²) in [6.07, 6.45) is 2.60. The minimum Gasteiger partial charge on any atom is -0.365 e. The van der Waals surface area contributed by atoms with Crippen LogP contribution >= 0.6 is 11.6 Å². The quantitative estimate of drug-likeness (QED) is 0.466. The lowest BCUT2D eigenvalue weighted by Crippen LogP contribution is -2.48. The van der Waals surface area contributed by atoms with E-state index in [1.54, 1.807) is 0 Å². The van der Waals surface area contributed by atoms with Crippen LogP contribution < -0.4 is 21.5 Å². The first-order valence-electron chi connectivity index (χ1n) is 12.8. The largest absolute Gasteiger partial charge is 0.365 e. The smallest absolute Gasteiger partial charge is 0.329 e. The number of aromatic nitrogens is 2. The van der Waals surface area contributed by atoms with Gasteiger partial charge in [-0.25, -0.2) is 4.79 Å². The number of aryl methyl sites for hydroxylation is 2. The van der Waals surface area contributed by atoms with E-state index in [4.69, 9.17) is 11.6 Å². The molecular weight excluding hydrogens is 490 g/mol. The van der Waals surface area contributed by atoms with Crippen LogP contribution in [0.4, 0.5) is 17.2 Å². The molecular formula is C28H32ClN5O3. The predicted octanol–water partition coefficient (Wildman–Crippen LogP) is 4.07. The third kappa shape index (κ3) is 5.30. The second-order valence-corrected chi connectivity index (χ2v) is 10.4. The lowest BCUT2D eigenvalue weighted by molar-refractivity contribution is -0.132. The number of amides is 1. The van der Waals surface area contributed by atoms with Gasteiger partial charge in [0.25, 0.3) is 5.56 Å². The summed E-state index contributed by atoms with van der Waals surface area (Å²) in [6, 6.07) is 15.7. The molecule has 3 aromatic rings. The number of likely N-dealkylation sites (tertiary alicyclic amines) is 1. The van der Waals surface area contributed by atoms with Gasteiger partial charge in [-0.05, 0) is 73.7 Å². The normalized spacial score (nSPS) is 18.5. The van der Waals surface area contributed by atoms with Gasteiger partial charge in [-0.3, -0.25) is 19.1 Å². The molecule has 1 aromatic heterocycles. The number of piperazine rings is 1. The number of carbonyl (C=O) groups excluding carboxylic acids is 1. The number of nitrogens with zero attached hydrogens (tertiary/aromatic N) is 3. The van der Waals surface area contributed by atoms with Crippen LogP contribution in [0.15, 0.2) is 58.1 Å². The van der Waals surface area contributed by atoms with E-state index in [1.807, 2.05) is 47.4 Å². The molecule has 2 aliphatic heterocycles. The van der Waals surface area contributed by atoms with Crippen LogP contribution in [0.3, 0.4) is 0 Å². The van der Waals surface area contributed by atoms with Crippen molar-refractivity contribution in [3.8, 4) is 0 Å². The Kier molecular flexibility index (Phi) is 7.11. The Morgan fingerprint density at radius 1 is 1.08 bits per heavy atom. The fourth-order valence-electron chi connectivity index (χ4n) is 5.54. The van der Waals surface area contributed by atoms with Crippen LogP contribution in [0.25, 0.3) is 0 Å². The molecule has 1 amide bonds. The van der Waals surface area contributed by atoms with E-state index in [0.29, 0.717) is 36.3 Å². The van der Waals surface area contributed by atoms with Gasteiger partial charge in [-0.15, -0.1) is 0 Å². The molecule has 2 fully saturated rings. The molecule has 2 bridgehead atoms. The molecule has 0 spiro atoms. The fourth-order valence-corrected chi connectivity index (χ4v) is 5.66. The third-order valence-electron chi connectivity index (χ3n) is 7.52. The van der Waals surface area contributed by atoms with E-state index >= 15 is 0 Å². The standard InChI is InChI=1S/C28H32ClN5O3/c1-3-19-13-21(9-6-18(19)2)30-25-15-27(36)32(28(37)31-25)12-4-5-26(35)34-17-23-14-24(34)16-33(23)22-10-7-20(29)8-11-22/h6-11,13,15,23-24,30H,3-5,12,14,16-17H2,1-2H3,(H,31,37). The van der Waals surface area contributed by atoms with E-state index in [-0.39, 0.29) is 24.1 Å². The van der Waals surface area contributed by atoms with E-state index < -0.39 is 5.69 Å². The SMILES string of the molecule is CCc1cc(Nc2cc(=O)n(CCCC(=O)N3CC4CC3CN4c3ccc(Cl)cc3)c(=O)[nH]2)ccc1C. The summed E-state index contributed by atoms with van der Waals surface area (Å²) in [5.41, 5.74) is 3.48. The zero-order chi connectivity index (χ0) is 26.1. The molecule has 0 saturated carbocycles. The number of halogens is 1. The van der Waals surface area contributed by atoms with Gasteiger partial charge in [-0.2, -0.15) is 0 Å². The van der Waals surface area contributed by atoms with Crippen molar-refractivity contribution in [3.05, 3.63) is 85.5 Å². The van der Waals surface area contributed by atoms with Crippen LogP contribution in [-0.4, -0.2) is 45.5 Å². The summed E-state index contributed by atoms with van der Waals surface area (Å²) in [5.74, 6) is 0.434. The minimum absolute atomic E-state index is 0.0807. The first kappa shape index (κ1) is 25.1. The highest BCUT2D eigenvalue weighted by atomic mass is 35.5. The number of aromatic amines is 1. The Labute approximate surface area is 220 Å². The molecule has 2 unspecified atom stereocenters. The monoisotopic (exact) mass is 521 g/mol. The van der Waals surface area contributed by atoms with Gasteiger partial charge >= 0.3 is 5.69 Å². The fraction of sp³-hybridized carbons (Fsp3) is 0.393. The minimum atomic E-state index is -0.482. The Bertz CT molecular complexity index is 1380. The Morgan fingerprint density at radius 3 is 2.54 bits per heavy atom. The van der Waals surface area contributed by atoms with Crippen molar-refractivity contribution in [2.45, 2.75) is 58.2 Å². The van der Waals surface area contributed by atoms with Gasteiger partial charge in [0.1, 0.15) is 5.82 Å². The first-order chi connectivity index (χ1) is 17.8. The second kappa shape index (κ2) is 10.5. The number of fused-ring (bicyclic) bond motifs is 2. The molecule has 9 heteroatoms. The lowest BCUT2D eigenvalue weighted by Gasteiger charge is -2.35. The topological polar surface area (TPSA) is 90.4 Å². The van der Waals surface area contributed by atoms with Crippen molar-refractivity contribution in [3.63, 3.8) is 0 Å². The Balaban J connectivity index is 1.15. The molecule has 5 rings (SSSR count). The maximum atomic E-state index is 12.9. The Morgan fingerprint density at radius 2 is 1.86 bits per heavy atom. The van der Waals surface area contributed by atoms with E-state index in [1.165, 1.54) is 17.2 Å². The summed E-state index contributed by atoms with van der Waals surface area (Å²) >= 11 is 6.01. The number of benzene rings is 2. The highest BCUT2D eigenvalue weighted by Crippen LogP contribution is 2.35. The van der Waals surface area contributed by atoms with Crippen LogP contribution in [0.5, 0.6) is 0 Å². The van der Waals surface area contributed by atoms with Crippen LogP contribution in [-0.2, 0) is 17.8 Å². The zero-order valence-electron chi connectivity index (χ0n) is 21.2. The van der Waals surface area contributed by atoms with Crippen molar-refractivity contribution in [2.75, 3.05) is 23.3 Å². The molecule has 2 aliphatic rings. The average molecular weight is 522 g/mol. The molecule has 0 radical (unpaired) electrons. The maximum Gasteiger partial charge on any atom is 0.329 e. The molecule has 2 N–H and O–H groups in total. The van der Waals surface area contributed by atoms with Gasteiger partial charge in [0.05, 0.1) is 6.04 Å². The van der Waals surface area contributed by atoms with E-state index in [9.17, 15) is 14.4 Å². The van der Waals surface area contributed by atoms with Crippen molar-refractivity contribution >= 4 is 34.7 Å². The summed E-state index contributed by atoms with van der Waals surface area (Å²) < 4.78 is 1.16. The summed E-state index contributed by atoms with van der Waals surface area (Å²) in [5, 5.41) is 3.83. The van der Waals surface area contributed by atoms with Gasteiger partial charge in [-0.1, -0.05) is 24.6 Å². The number of H-pyrrole nitrogens is 1. The molecule has 2 aromatic carbocycles. The number of carbonyl (C=O) groups is 1. The summed E-state index contributed by atoms with van der Waals surface area (Å²) in [7, 11) is 0. The second-order valence-electron chi connectivity index (χ2n) is 9.92. The molecule has 8 nitrogen and oxygen atoms in total. The number of hydrogen-bond donors (Lipinski definition) is 2. The highest BCUT2D eigenvalue weighted by molar-refractivity contribution is 6.30. The highest BCUT2D eigenvalue weighted by Gasteiger charge is 2.44. The average Bonchev–Trinajstić information content (AvgIpc) is 3.49. The number of hydrogen-bond acceptors (Lipinski definition) is 5. The summed E-state index contributed by atoms with van der Waals surface area (Å²) in [6.45, 7) is 5.85. The zero-order valence-corrected chi connectivity index (χ0v) is 21.9. The number of anilines is 3. The van der Waals surface area contributed by atoms with Gasteiger partial charge in [0.2, 0.25) is 5.91 Å². The predicted molar refractivity (Wildman–Crippen MR) is 147 cm³/mol. The van der Waals surface area contributed by atoms with Crippen molar-refractivity contribution in [1.82, 2.24) is 14.5 Å². The van der Waals surface area contributed by atoms with Crippen molar-refractivity contribution < 1.29 is 4.79 Å². The summed E-state index contributed by atoms with van der Waals surface area (Å²) in [4.78, 5) is 45.2. The maximum absolute atomic E-state index is 12.9. The molecule has 0 aliphatic carbocycles. The van der Waals surface area contributed by atoms with E-state index in [0.717, 1.165) is 35.3 Å². The Hall–Kier alpha value is -3.52. The first-order valence-corrected chi connectivity index (χ1v) is 13.2. The molecule has 194 valence electrons. The number of nitrogens with one attached hydrogen (secondary N) is 2. The molecule has 2 saturated heterocycles. The van der Waals surface area contributed by atoms with Crippen LogP contribution in [0.2, 0.25) is 5.02 Å². The van der Waals surface area contributed by atoms with Crippen molar-refractivity contribution in [1.29, 1.82) is 0 Å².